The Hall–Kier alpha value is -1.80. The first kappa shape index (κ1) is 20.2. The van der Waals surface area contributed by atoms with E-state index in [0.717, 1.165) is 25.0 Å². The Morgan fingerprint density at radius 2 is 1.33 bits per heavy atom. The zero-order chi connectivity index (χ0) is 18.1. The van der Waals surface area contributed by atoms with Crippen LogP contribution in [-0.2, 0) is 6.42 Å². The summed E-state index contributed by atoms with van der Waals surface area (Å²) in [6, 6.07) is 20.2. The highest BCUT2D eigenvalue weighted by molar-refractivity contribution is 5.21. The lowest BCUT2D eigenvalue weighted by Gasteiger charge is -2.24. The summed E-state index contributed by atoms with van der Waals surface area (Å²) in [5.41, 5.74) is 0.691. The third kappa shape index (κ3) is 9.36. The van der Waals surface area contributed by atoms with Crippen LogP contribution in [0.3, 0.4) is 0 Å². The molecular formula is C22H32O2. The molecule has 0 saturated carbocycles. The first-order valence-corrected chi connectivity index (χ1v) is 8.72. The van der Waals surface area contributed by atoms with Gasteiger partial charge in [0.2, 0.25) is 0 Å². The third-order valence-corrected chi connectivity index (χ3v) is 3.86. The minimum absolute atomic E-state index is 0.0542. The maximum absolute atomic E-state index is 9.48. The van der Waals surface area contributed by atoms with Crippen molar-refractivity contribution in [2.24, 2.45) is 0 Å². The fraction of sp³-hybridized carbons (Fsp3) is 0.455. The van der Waals surface area contributed by atoms with Crippen LogP contribution in [0.4, 0.5) is 0 Å². The van der Waals surface area contributed by atoms with Crippen molar-refractivity contribution in [2.75, 3.05) is 0 Å². The second-order valence-electron chi connectivity index (χ2n) is 7.33. The molecule has 0 unspecified atom stereocenters. The maximum Gasteiger partial charge on any atom is 0.120 e. The number of benzene rings is 2. The minimum atomic E-state index is -0.546. The molecular weight excluding hydrogens is 296 g/mol. The van der Waals surface area contributed by atoms with E-state index in [1.807, 2.05) is 62.4 Å². The zero-order valence-electron chi connectivity index (χ0n) is 15.8. The molecule has 0 radical (unpaired) electrons. The number of para-hydroxylation sites is 1. The molecule has 2 aromatic carbocycles. The van der Waals surface area contributed by atoms with Gasteiger partial charge in [0.05, 0.1) is 5.60 Å². The fourth-order valence-electron chi connectivity index (χ4n) is 1.97. The van der Waals surface area contributed by atoms with Gasteiger partial charge in [-0.2, -0.15) is 0 Å². The van der Waals surface area contributed by atoms with Crippen LogP contribution in [0.15, 0.2) is 60.7 Å². The van der Waals surface area contributed by atoms with Gasteiger partial charge in [-0.05, 0) is 64.7 Å². The molecule has 0 bridgehead atoms. The van der Waals surface area contributed by atoms with Crippen LogP contribution in [0, 0.1) is 0 Å². The van der Waals surface area contributed by atoms with E-state index in [1.54, 1.807) is 0 Å². The molecule has 2 rings (SSSR count). The van der Waals surface area contributed by atoms with E-state index in [9.17, 15) is 5.11 Å². The molecule has 2 heteroatoms. The molecule has 132 valence electrons. The van der Waals surface area contributed by atoms with Gasteiger partial charge in [-0.15, -0.1) is 0 Å². The van der Waals surface area contributed by atoms with Crippen LogP contribution in [-0.4, -0.2) is 16.3 Å². The molecule has 24 heavy (non-hydrogen) atoms. The summed E-state index contributed by atoms with van der Waals surface area (Å²) in [5, 5.41) is 9.48. The van der Waals surface area contributed by atoms with Gasteiger partial charge in [0, 0.05) is 0 Å². The zero-order valence-corrected chi connectivity index (χ0v) is 15.8. The molecule has 0 atom stereocenters. The van der Waals surface area contributed by atoms with E-state index in [0.29, 0.717) is 0 Å². The highest BCUT2D eigenvalue weighted by Crippen LogP contribution is 2.19. The predicted octanol–water partition coefficient (Wildman–Crippen LogP) is 5.64. The molecule has 0 spiro atoms. The summed E-state index contributed by atoms with van der Waals surface area (Å²) < 4.78 is 5.75. The lowest BCUT2D eigenvalue weighted by molar-refractivity contribution is 0.0714. The second kappa shape index (κ2) is 9.48. The maximum atomic E-state index is 9.48. The largest absolute Gasteiger partial charge is 0.488 e. The SMILES string of the molecule is CC(C)(O)CCc1ccccc1.CCC(C)(C)Oc1ccccc1. The molecule has 0 aromatic heterocycles. The first-order valence-electron chi connectivity index (χ1n) is 8.72. The third-order valence-electron chi connectivity index (χ3n) is 3.86. The van der Waals surface area contributed by atoms with Crippen molar-refractivity contribution >= 4 is 0 Å². The summed E-state index contributed by atoms with van der Waals surface area (Å²) in [6.07, 6.45) is 2.78. The van der Waals surface area contributed by atoms with Crippen molar-refractivity contribution in [3.8, 4) is 5.75 Å². The smallest absolute Gasteiger partial charge is 0.120 e. The van der Waals surface area contributed by atoms with Crippen LogP contribution in [0.1, 0.15) is 53.0 Å². The molecule has 0 aliphatic rings. The lowest BCUT2D eigenvalue weighted by Crippen LogP contribution is -2.26. The van der Waals surface area contributed by atoms with E-state index in [-0.39, 0.29) is 5.60 Å². The van der Waals surface area contributed by atoms with E-state index < -0.39 is 5.60 Å². The van der Waals surface area contributed by atoms with Crippen LogP contribution in [0.2, 0.25) is 0 Å². The van der Waals surface area contributed by atoms with Crippen LogP contribution in [0.5, 0.6) is 5.75 Å². The molecule has 0 saturated heterocycles. The van der Waals surface area contributed by atoms with Gasteiger partial charge in [0.15, 0.2) is 0 Å². The highest BCUT2D eigenvalue weighted by atomic mass is 16.5. The number of ether oxygens (including phenoxy) is 1. The molecule has 0 fully saturated rings. The van der Waals surface area contributed by atoms with Crippen molar-refractivity contribution in [1.29, 1.82) is 0 Å². The van der Waals surface area contributed by atoms with Gasteiger partial charge in [-0.25, -0.2) is 0 Å². The summed E-state index contributed by atoms with van der Waals surface area (Å²) in [7, 11) is 0. The normalized spacial score (nSPS) is 11.4. The fourth-order valence-corrected chi connectivity index (χ4v) is 1.97. The molecule has 0 aliphatic carbocycles. The van der Waals surface area contributed by atoms with E-state index >= 15 is 0 Å². The van der Waals surface area contributed by atoms with E-state index in [1.165, 1.54) is 5.56 Å². The van der Waals surface area contributed by atoms with Crippen molar-refractivity contribution in [3.05, 3.63) is 66.2 Å². The van der Waals surface area contributed by atoms with Gasteiger partial charge in [-0.1, -0.05) is 55.5 Å². The van der Waals surface area contributed by atoms with E-state index in [2.05, 4.69) is 32.9 Å². The standard InChI is InChI=1S/2C11H16O/c1-11(2,12)9-8-10-6-4-3-5-7-10;1-4-11(2,3)12-10-8-6-5-7-9-10/h3-7,12H,8-9H2,1-2H3;5-9H,4H2,1-3H3. The van der Waals surface area contributed by atoms with Crippen molar-refractivity contribution < 1.29 is 9.84 Å². The molecule has 1 N–H and O–H groups in total. The molecule has 0 aliphatic heterocycles. The lowest BCUT2D eigenvalue weighted by atomic mass is 9.99. The number of rotatable bonds is 6. The Morgan fingerprint density at radius 1 is 0.833 bits per heavy atom. The van der Waals surface area contributed by atoms with Crippen molar-refractivity contribution in [1.82, 2.24) is 0 Å². The number of aliphatic hydroxyl groups is 1. The van der Waals surface area contributed by atoms with Crippen molar-refractivity contribution in [2.45, 2.75) is 65.1 Å². The Balaban J connectivity index is 0.000000240. The minimum Gasteiger partial charge on any atom is -0.488 e. The van der Waals surface area contributed by atoms with Crippen LogP contribution < -0.4 is 4.74 Å². The van der Waals surface area contributed by atoms with Gasteiger partial charge in [0.25, 0.3) is 0 Å². The van der Waals surface area contributed by atoms with Crippen molar-refractivity contribution in [3.63, 3.8) is 0 Å². The predicted molar refractivity (Wildman–Crippen MR) is 103 cm³/mol. The number of aryl methyl sites for hydroxylation is 1. The molecule has 2 nitrogen and oxygen atoms in total. The van der Waals surface area contributed by atoms with Crippen LogP contribution >= 0.6 is 0 Å². The number of hydrogen-bond donors (Lipinski definition) is 1. The molecule has 2 aromatic rings. The summed E-state index contributed by atoms with van der Waals surface area (Å²) in [4.78, 5) is 0. The van der Waals surface area contributed by atoms with E-state index in [4.69, 9.17) is 4.74 Å². The quantitative estimate of drug-likeness (QED) is 0.743. The summed E-state index contributed by atoms with van der Waals surface area (Å²) in [5.74, 6) is 0.948. The first-order chi connectivity index (χ1) is 11.2. The number of hydrogen-bond acceptors (Lipinski definition) is 2. The highest BCUT2D eigenvalue weighted by Gasteiger charge is 2.15. The Kier molecular flexibility index (Phi) is 8.00. The summed E-state index contributed by atoms with van der Waals surface area (Å²) in [6.45, 7) is 10.0. The van der Waals surface area contributed by atoms with Gasteiger partial charge < -0.3 is 9.84 Å². The topological polar surface area (TPSA) is 29.5 Å². The molecule has 0 heterocycles. The monoisotopic (exact) mass is 328 g/mol. The summed E-state index contributed by atoms with van der Waals surface area (Å²) >= 11 is 0. The van der Waals surface area contributed by atoms with Gasteiger partial charge in [-0.3, -0.25) is 0 Å². The molecule has 0 amide bonds. The Morgan fingerprint density at radius 3 is 1.79 bits per heavy atom. The van der Waals surface area contributed by atoms with Gasteiger partial charge in [0.1, 0.15) is 11.4 Å². The van der Waals surface area contributed by atoms with Crippen LogP contribution in [0.25, 0.3) is 0 Å². The second-order valence-corrected chi connectivity index (χ2v) is 7.33. The Bertz CT molecular complexity index is 554. The average molecular weight is 328 g/mol. The Labute approximate surface area is 147 Å². The average Bonchev–Trinajstić information content (AvgIpc) is 2.54. The van der Waals surface area contributed by atoms with Gasteiger partial charge >= 0.3 is 0 Å².